The standard InChI is InChI=1S/C14H20FNO2S/c1-3-13(11-4-6-12(15)7-5-11)16-14(2)8-9-19(17,18)10-14/h4-7,13,16H,3,8-10H2,1-2H3. The van der Waals surface area contributed by atoms with Crippen molar-refractivity contribution in [3.8, 4) is 0 Å². The third-order valence-corrected chi connectivity index (χ3v) is 5.61. The minimum Gasteiger partial charge on any atom is -0.304 e. The van der Waals surface area contributed by atoms with Crippen LogP contribution in [0.2, 0.25) is 0 Å². The van der Waals surface area contributed by atoms with Crippen LogP contribution in [0, 0.1) is 5.82 Å². The number of hydrogen-bond donors (Lipinski definition) is 1. The Morgan fingerprint density at radius 3 is 2.47 bits per heavy atom. The SMILES string of the molecule is CCC(NC1(C)CCS(=O)(=O)C1)c1ccc(F)cc1. The van der Waals surface area contributed by atoms with Gasteiger partial charge in [0.15, 0.2) is 9.84 Å². The molecule has 0 radical (unpaired) electrons. The summed E-state index contributed by atoms with van der Waals surface area (Å²) in [5.74, 6) is 0.168. The molecule has 0 saturated carbocycles. The molecule has 19 heavy (non-hydrogen) atoms. The van der Waals surface area contributed by atoms with Crippen LogP contribution in [-0.2, 0) is 9.84 Å². The fourth-order valence-electron chi connectivity index (χ4n) is 2.66. The van der Waals surface area contributed by atoms with Crippen molar-refractivity contribution in [1.82, 2.24) is 5.32 Å². The second kappa shape index (κ2) is 5.21. The molecular weight excluding hydrogens is 265 g/mol. The molecule has 0 spiro atoms. The van der Waals surface area contributed by atoms with E-state index >= 15 is 0 Å². The first-order valence-electron chi connectivity index (χ1n) is 6.57. The topological polar surface area (TPSA) is 46.2 Å². The highest BCUT2D eigenvalue weighted by Crippen LogP contribution is 2.28. The number of benzene rings is 1. The van der Waals surface area contributed by atoms with Crippen LogP contribution in [0.5, 0.6) is 0 Å². The van der Waals surface area contributed by atoms with Crippen molar-refractivity contribution in [2.24, 2.45) is 0 Å². The number of rotatable bonds is 4. The van der Waals surface area contributed by atoms with E-state index in [9.17, 15) is 12.8 Å². The highest BCUT2D eigenvalue weighted by Gasteiger charge is 2.39. The van der Waals surface area contributed by atoms with Crippen molar-refractivity contribution in [3.05, 3.63) is 35.6 Å². The van der Waals surface area contributed by atoms with Gasteiger partial charge in [-0.15, -0.1) is 0 Å². The summed E-state index contributed by atoms with van der Waals surface area (Å²) >= 11 is 0. The Bertz CT molecular complexity index is 541. The van der Waals surface area contributed by atoms with Gasteiger partial charge in [-0.1, -0.05) is 19.1 Å². The molecule has 5 heteroatoms. The molecule has 0 aliphatic carbocycles. The van der Waals surface area contributed by atoms with Gasteiger partial charge in [-0.05, 0) is 37.5 Å². The van der Waals surface area contributed by atoms with Crippen LogP contribution >= 0.6 is 0 Å². The van der Waals surface area contributed by atoms with E-state index in [-0.39, 0.29) is 28.9 Å². The van der Waals surface area contributed by atoms with E-state index in [0.29, 0.717) is 6.42 Å². The van der Waals surface area contributed by atoms with E-state index in [4.69, 9.17) is 0 Å². The monoisotopic (exact) mass is 285 g/mol. The summed E-state index contributed by atoms with van der Waals surface area (Å²) in [7, 11) is -2.92. The van der Waals surface area contributed by atoms with E-state index in [1.165, 1.54) is 12.1 Å². The molecule has 2 rings (SSSR count). The summed E-state index contributed by atoms with van der Waals surface area (Å²) in [5, 5.41) is 3.43. The summed E-state index contributed by atoms with van der Waals surface area (Å²) in [5.41, 5.74) is 0.614. The molecule has 1 aromatic carbocycles. The summed E-state index contributed by atoms with van der Waals surface area (Å²) in [6, 6.07) is 6.44. The molecule has 2 unspecified atom stereocenters. The maximum atomic E-state index is 12.9. The number of nitrogens with one attached hydrogen (secondary N) is 1. The molecule has 0 bridgehead atoms. The molecular formula is C14H20FNO2S. The fraction of sp³-hybridized carbons (Fsp3) is 0.571. The van der Waals surface area contributed by atoms with Crippen LogP contribution in [0.25, 0.3) is 0 Å². The summed E-state index contributed by atoms with van der Waals surface area (Å²) < 4.78 is 36.2. The highest BCUT2D eigenvalue weighted by atomic mass is 32.2. The molecule has 1 aromatic rings. The third kappa shape index (κ3) is 3.54. The van der Waals surface area contributed by atoms with Crippen LogP contribution in [0.4, 0.5) is 4.39 Å². The second-order valence-corrected chi connectivity index (χ2v) is 7.74. The molecule has 1 N–H and O–H groups in total. The van der Waals surface area contributed by atoms with Gasteiger partial charge < -0.3 is 5.32 Å². The molecule has 2 atom stereocenters. The predicted molar refractivity (Wildman–Crippen MR) is 74.2 cm³/mol. The van der Waals surface area contributed by atoms with E-state index in [1.807, 2.05) is 13.8 Å². The molecule has 1 aliphatic heterocycles. The van der Waals surface area contributed by atoms with E-state index in [2.05, 4.69) is 5.32 Å². The minimum absolute atomic E-state index is 0.0545. The zero-order valence-electron chi connectivity index (χ0n) is 11.3. The molecule has 1 heterocycles. The smallest absolute Gasteiger partial charge is 0.152 e. The molecule has 1 saturated heterocycles. The van der Waals surface area contributed by atoms with Gasteiger partial charge >= 0.3 is 0 Å². The normalized spacial score (nSPS) is 27.3. The Kier molecular flexibility index (Phi) is 3.97. The van der Waals surface area contributed by atoms with Gasteiger partial charge in [-0.2, -0.15) is 0 Å². The van der Waals surface area contributed by atoms with Gasteiger partial charge in [0.2, 0.25) is 0 Å². The average molecular weight is 285 g/mol. The van der Waals surface area contributed by atoms with Gasteiger partial charge in [0.25, 0.3) is 0 Å². The number of hydrogen-bond acceptors (Lipinski definition) is 3. The Balaban J connectivity index is 2.14. The average Bonchev–Trinajstić information content (AvgIpc) is 2.62. The maximum Gasteiger partial charge on any atom is 0.152 e. The van der Waals surface area contributed by atoms with E-state index < -0.39 is 9.84 Å². The van der Waals surface area contributed by atoms with Crippen molar-refractivity contribution in [3.63, 3.8) is 0 Å². The lowest BCUT2D eigenvalue weighted by atomic mass is 9.96. The van der Waals surface area contributed by atoms with Gasteiger partial charge in [0.1, 0.15) is 5.82 Å². The molecule has 0 amide bonds. The molecule has 3 nitrogen and oxygen atoms in total. The first kappa shape index (κ1) is 14.5. The van der Waals surface area contributed by atoms with Crippen LogP contribution in [-0.4, -0.2) is 25.5 Å². The minimum atomic E-state index is -2.92. The lowest BCUT2D eigenvalue weighted by molar-refractivity contribution is 0.337. The zero-order chi connectivity index (χ0) is 14.1. The Morgan fingerprint density at radius 2 is 2.00 bits per heavy atom. The zero-order valence-corrected chi connectivity index (χ0v) is 12.1. The lowest BCUT2D eigenvalue weighted by Gasteiger charge is -2.30. The maximum absolute atomic E-state index is 12.9. The van der Waals surface area contributed by atoms with Gasteiger partial charge in [-0.25, -0.2) is 12.8 Å². The van der Waals surface area contributed by atoms with Gasteiger partial charge in [0.05, 0.1) is 11.5 Å². The molecule has 1 aliphatic rings. The largest absolute Gasteiger partial charge is 0.304 e. The van der Waals surface area contributed by atoms with Crippen LogP contribution in [0.3, 0.4) is 0 Å². The van der Waals surface area contributed by atoms with Crippen molar-refractivity contribution in [2.75, 3.05) is 11.5 Å². The predicted octanol–water partition coefficient (Wildman–Crippen LogP) is 2.44. The fourth-order valence-corrected chi connectivity index (χ4v) is 4.77. The first-order chi connectivity index (χ1) is 8.84. The molecule has 1 fully saturated rings. The first-order valence-corrected chi connectivity index (χ1v) is 8.39. The number of sulfone groups is 1. The Hall–Kier alpha value is -0.940. The number of halogens is 1. The molecule has 0 aromatic heterocycles. The van der Waals surface area contributed by atoms with Gasteiger partial charge in [-0.3, -0.25) is 0 Å². The van der Waals surface area contributed by atoms with Crippen LogP contribution < -0.4 is 5.32 Å². The third-order valence-electron chi connectivity index (χ3n) is 3.71. The highest BCUT2D eigenvalue weighted by molar-refractivity contribution is 7.91. The Morgan fingerprint density at radius 1 is 1.37 bits per heavy atom. The molecule has 106 valence electrons. The van der Waals surface area contributed by atoms with E-state index in [1.54, 1.807) is 12.1 Å². The van der Waals surface area contributed by atoms with Crippen LogP contribution in [0.1, 0.15) is 38.3 Å². The van der Waals surface area contributed by atoms with E-state index in [0.717, 1.165) is 12.0 Å². The van der Waals surface area contributed by atoms with Crippen molar-refractivity contribution in [2.45, 2.75) is 38.3 Å². The summed E-state index contributed by atoms with van der Waals surface area (Å²) in [6.07, 6.45) is 1.47. The summed E-state index contributed by atoms with van der Waals surface area (Å²) in [6.45, 7) is 3.98. The van der Waals surface area contributed by atoms with Crippen molar-refractivity contribution < 1.29 is 12.8 Å². The summed E-state index contributed by atoms with van der Waals surface area (Å²) in [4.78, 5) is 0. The van der Waals surface area contributed by atoms with Crippen molar-refractivity contribution in [1.29, 1.82) is 0 Å². The Labute approximate surface area is 114 Å². The lowest BCUT2D eigenvalue weighted by Crippen LogP contribution is -2.45. The van der Waals surface area contributed by atoms with Crippen molar-refractivity contribution >= 4 is 9.84 Å². The van der Waals surface area contributed by atoms with Gasteiger partial charge in [0, 0.05) is 11.6 Å². The van der Waals surface area contributed by atoms with Crippen LogP contribution in [0.15, 0.2) is 24.3 Å². The second-order valence-electron chi connectivity index (χ2n) is 5.56. The quantitative estimate of drug-likeness (QED) is 0.924.